The molecule has 1 amide bonds. The topological polar surface area (TPSA) is 164 Å². The van der Waals surface area contributed by atoms with Gasteiger partial charge in [0.15, 0.2) is 12.2 Å². The second kappa shape index (κ2) is 11.3. The van der Waals surface area contributed by atoms with E-state index in [1.807, 2.05) is 0 Å². The smallest absolute Gasteiger partial charge is 0.305 e. The molecule has 0 spiro atoms. The van der Waals surface area contributed by atoms with Crippen LogP contribution in [0.1, 0.15) is 38.1 Å². The first kappa shape index (κ1) is 25.6. The summed E-state index contributed by atoms with van der Waals surface area (Å²) in [7, 11) is 0. The molecule has 2 N–H and O–H groups in total. The van der Waals surface area contributed by atoms with Crippen molar-refractivity contribution in [2.45, 2.75) is 58.3 Å². The lowest BCUT2D eigenvalue weighted by Gasteiger charge is -2.44. The molecule has 33 heavy (non-hydrogen) atoms. The quantitative estimate of drug-likeness (QED) is 0.416. The Bertz CT molecular complexity index is 915. The average molecular weight is 467 g/mol. The third-order valence-electron chi connectivity index (χ3n) is 4.39. The predicted molar refractivity (Wildman–Crippen MR) is 108 cm³/mol. The van der Waals surface area contributed by atoms with Gasteiger partial charge < -0.3 is 34.1 Å². The van der Waals surface area contributed by atoms with E-state index in [2.05, 4.69) is 5.32 Å². The lowest BCUT2D eigenvalue weighted by molar-refractivity contribution is -0.270. The van der Waals surface area contributed by atoms with Crippen LogP contribution in [0.2, 0.25) is 0 Å². The van der Waals surface area contributed by atoms with Gasteiger partial charge in [-0.3, -0.25) is 24.0 Å². The number of ether oxygens (including phenoxy) is 5. The molecule has 1 aliphatic heterocycles. The Hall–Kier alpha value is -3.67. The van der Waals surface area contributed by atoms with E-state index >= 15 is 0 Å². The number of esters is 4. The Morgan fingerprint density at radius 3 is 2.06 bits per heavy atom. The summed E-state index contributed by atoms with van der Waals surface area (Å²) in [6.45, 7) is 4.02. The van der Waals surface area contributed by atoms with E-state index < -0.39 is 67.0 Å². The van der Waals surface area contributed by atoms with Crippen LogP contribution in [0.4, 0.5) is 0 Å². The first-order valence-electron chi connectivity index (χ1n) is 9.88. The van der Waals surface area contributed by atoms with E-state index in [1.54, 1.807) is 0 Å². The normalized spacial score (nSPS) is 24.2. The van der Waals surface area contributed by atoms with E-state index in [1.165, 1.54) is 24.3 Å². The molecule has 2 rings (SSSR count). The van der Waals surface area contributed by atoms with Gasteiger partial charge in [-0.25, -0.2) is 0 Å². The van der Waals surface area contributed by atoms with Gasteiger partial charge in [-0.05, 0) is 18.2 Å². The summed E-state index contributed by atoms with van der Waals surface area (Å²) in [5.74, 6) is -3.90. The molecule has 0 bridgehead atoms. The Balaban J connectivity index is 2.45. The Kier molecular flexibility index (Phi) is 8.74. The van der Waals surface area contributed by atoms with Gasteiger partial charge in [0.05, 0.1) is 0 Å². The van der Waals surface area contributed by atoms with Crippen LogP contribution in [-0.4, -0.2) is 72.1 Å². The van der Waals surface area contributed by atoms with Crippen LogP contribution in [0.3, 0.4) is 0 Å². The van der Waals surface area contributed by atoms with Crippen molar-refractivity contribution >= 4 is 29.8 Å². The maximum absolute atomic E-state index is 12.8. The molecule has 0 radical (unpaired) electrons. The molecule has 180 valence electrons. The molecular formula is C21H25NO11. The van der Waals surface area contributed by atoms with Gasteiger partial charge >= 0.3 is 23.9 Å². The average Bonchev–Trinajstić information content (AvgIpc) is 2.69. The number of phenols is 1. The summed E-state index contributed by atoms with van der Waals surface area (Å²) in [4.78, 5) is 59.4. The van der Waals surface area contributed by atoms with Crippen LogP contribution in [-0.2, 0) is 42.9 Å². The molecule has 0 aliphatic carbocycles. The van der Waals surface area contributed by atoms with E-state index in [9.17, 15) is 29.1 Å². The minimum atomic E-state index is -1.50. The van der Waals surface area contributed by atoms with Gasteiger partial charge in [-0.1, -0.05) is 6.07 Å². The van der Waals surface area contributed by atoms with E-state index in [4.69, 9.17) is 23.7 Å². The third-order valence-corrected chi connectivity index (χ3v) is 4.39. The van der Waals surface area contributed by atoms with Gasteiger partial charge in [0.1, 0.15) is 24.5 Å². The van der Waals surface area contributed by atoms with E-state index in [0.717, 1.165) is 27.7 Å². The number of amides is 1. The van der Waals surface area contributed by atoms with Gasteiger partial charge in [0.25, 0.3) is 5.91 Å². The number of carbonyl (C=O) groups excluding carboxylic acids is 5. The van der Waals surface area contributed by atoms with Crippen molar-refractivity contribution < 1.29 is 52.8 Å². The molecule has 1 saturated heterocycles. The molecule has 12 nitrogen and oxygen atoms in total. The Morgan fingerprint density at radius 1 is 0.909 bits per heavy atom. The number of aromatic hydroxyl groups is 1. The maximum Gasteiger partial charge on any atom is 0.305 e. The lowest BCUT2D eigenvalue weighted by atomic mass is 9.95. The van der Waals surface area contributed by atoms with Crippen molar-refractivity contribution in [3.63, 3.8) is 0 Å². The second-order valence-corrected chi connectivity index (χ2v) is 7.15. The SMILES string of the molecule is CC(=O)OCC1O[C@@H](OC(C)=O)C(NC(=O)c2cccc(O)c2)[C@@H](OC(C)=O)[C@H]1OC(C)=O. The molecule has 0 aromatic heterocycles. The minimum Gasteiger partial charge on any atom is -0.508 e. The number of hydrogen-bond donors (Lipinski definition) is 2. The fourth-order valence-corrected chi connectivity index (χ4v) is 3.20. The van der Waals surface area contributed by atoms with Crippen molar-refractivity contribution in [2.24, 2.45) is 0 Å². The zero-order chi connectivity index (χ0) is 24.7. The molecule has 12 heteroatoms. The van der Waals surface area contributed by atoms with Crippen LogP contribution in [0.25, 0.3) is 0 Å². The molecule has 1 aromatic rings. The summed E-state index contributed by atoms with van der Waals surface area (Å²) in [5.41, 5.74) is 0.0456. The van der Waals surface area contributed by atoms with Crippen molar-refractivity contribution in [3.8, 4) is 5.75 Å². The molecular weight excluding hydrogens is 442 g/mol. The summed E-state index contributed by atoms with van der Waals surface area (Å²) >= 11 is 0. The molecule has 2 unspecified atom stereocenters. The number of benzene rings is 1. The van der Waals surface area contributed by atoms with Crippen LogP contribution in [0.15, 0.2) is 24.3 Å². The monoisotopic (exact) mass is 467 g/mol. The summed E-state index contributed by atoms with van der Waals surface area (Å²) in [5, 5.41) is 12.2. The molecule has 1 aromatic carbocycles. The second-order valence-electron chi connectivity index (χ2n) is 7.15. The number of carbonyl (C=O) groups is 5. The fraction of sp³-hybridized carbons (Fsp3) is 0.476. The number of hydrogen-bond acceptors (Lipinski definition) is 11. The molecule has 1 fully saturated rings. The first-order valence-corrected chi connectivity index (χ1v) is 9.88. The third kappa shape index (κ3) is 7.45. The standard InChI is InChI=1S/C21H25NO11/c1-10(23)29-9-16-18(30-11(2)24)19(31-12(3)25)17(21(33-16)32-13(4)26)22-20(28)14-6-5-7-15(27)8-14/h5-8,16-19,21,27H,9H2,1-4H3,(H,22,28)/t16?,17?,18-,19+,21+/m0/s1. The zero-order valence-electron chi connectivity index (χ0n) is 18.4. The number of nitrogens with one attached hydrogen (secondary N) is 1. The van der Waals surface area contributed by atoms with Gasteiger partial charge in [0, 0.05) is 33.3 Å². The van der Waals surface area contributed by atoms with Gasteiger partial charge in [0.2, 0.25) is 6.29 Å². The fourth-order valence-electron chi connectivity index (χ4n) is 3.20. The van der Waals surface area contributed by atoms with E-state index in [0.29, 0.717) is 0 Å². The lowest BCUT2D eigenvalue weighted by Crippen LogP contribution is -2.67. The highest BCUT2D eigenvalue weighted by atomic mass is 16.7. The van der Waals surface area contributed by atoms with Gasteiger partial charge in [-0.2, -0.15) is 0 Å². The van der Waals surface area contributed by atoms with Crippen molar-refractivity contribution in [3.05, 3.63) is 29.8 Å². The minimum absolute atomic E-state index is 0.0456. The highest BCUT2D eigenvalue weighted by Crippen LogP contribution is 2.28. The van der Waals surface area contributed by atoms with Crippen LogP contribution in [0, 0.1) is 0 Å². The number of rotatable bonds is 7. The van der Waals surface area contributed by atoms with Crippen molar-refractivity contribution in [1.82, 2.24) is 5.32 Å². The summed E-state index contributed by atoms with van der Waals surface area (Å²) < 4.78 is 26.4. The maximum atomic E-state index is 12.8. The first-order chi connectivity index (χ1) is 15.5. The molecule has 1 aliphatic rings. The largest absolute Gasteiger partial charge is 0.508 e. The predicted octanol–water partition coefficient (Wildman–Crippen LogP) is 0.205. The Labute approximate surface area is 189 Å². The van der Waals surface area contributed by atoms with E-state index in [-0.39, 0.29) is 11.3 Å². The van der Waals surface area contributed by atoms with Crippen LogP contribution >= 0.6 is 0 Å². The molecule has 5 atom stereocenters. The van der Waals surface area contributed by atoms with Crippen molar-refractivity contribution in [1.29, 1.82) is 0 Å². The summed E-state index contributed by atoms with van der Waals surface area (Å²) in [6.07, 6.45) is -5.40. The molecule has 1 heterocycles. The highest BCUT2D eigenvalue weighted by molar-refractivity contribution is 5.94. The van der Waals surface area contributed by atoms with Crippen molar-refractivity contribution in [2.75, 3.05) is 6.61 Å². The number of phenolic OH excluding ortho intramolecular Hbond substituents is 1. The van der Waals surface area contributed by atoms with Gasteiger partial charge in [-0.15, -0.1) is 0 Å². The Morgan fingerprint density at radius 2 is 1.52 bits per heavy atom. The molecule has 0 saturated carbocycles. The highest BCUT2D eigenvalue weighted by Gasteiger charge is 2.52. The van der Waals surface area contributed by atoms with Crippen LogP contribution in [0.5, 0.6) is 5.75 Å². The van der Waals surface area contributed by atoms with Crippen LogP contribution < -0.4 is 5.32 Å². The zero-order valence-corrected chi connectivity index (χ0v) is 18.4. The summed E-state index contributed by atoms with van der Waals surface area (Å²) in [6, 6.07) is 4.07.